The summed E-state index contributed by atoms with van der Waals surface area (Å²) in [5.41, 5.74) is 0.161. The summed E-state index contributed by atoms with van der Waals surface area (Å²) in [4.78, 5) is 12.0. The first-order valence-corrected chi connectivity index (χ1v) is 6.96. The van der Waals surface area contributed by atoms with Crippen molar-refractivity contribution in [3.63, 3.8) is 0 Å². The molecule has 21 heavy (non-hydrogen) atoms. The van der Waals surface area contributed by atoms with Crippen molar-refractivity contribution in [3.8, 4) is 0 Å². The molecule has 1 heterocycles. The number of nitrogens with one attached hydrogen (secondary N) is 1. The molecule has 0 unspecified atom stereocenters. The zero-order valence-corrected chi connectivity index (χ0v) is 11.9. The Morgan fingerprint density at radius 1 is 1.29 bits per heavy atom. The van der Waals surface area contributed by atoms with Crippen molar-refractivity contribution < 1.29 is 18.3 Å². The van der Waals surface area contributed by atoms with E-state index in [2.05, 4.69) is 5.32 Å². The van der Waals surface area contributed by atoms with Gasteiger partial charge in [0, 0.05) is 23.9 Å². The summed E-state index contributed by atoms with van der Waals surface area (Å²) >= 11 is 1.08. The third-order valence-electron chi connectivity index (χ3n) is 2.64. The first-order chi connectivity index (χ1) is 9.97. The van der Waals surface area contributed by atoms with Crippen LogP contribution in [-0.4, -0.2) is 11.2 Å². The highest BCUT2D eigenvalue weighted by Gasteiger charge is 2.19. The van der Waals surface area contributed by atoms with Crippen LogP contribution in [0, 0.1) is 16.8 Å². The van der Waals surface area contributed by atoms with Gasteiger partial charge in [-0.1, -0.05) is 0 Å². The van der Waals surface area contributed by atoms with Crippen molar-refractivity contribution in [2.75, 3.05) is 5.32 Å². The van der Waals surface area contributed by atoms with Crippen LogP contribution in [0.25, 0.3) is 0 Å². The van der Waals surface area contributed by atoms with E-state index in [0.717, 1.165) is 23.9 Å². The van der Waals surface area contributed by atoms with E-state index in [1.54, 1.807) is 25.1 Å². The number of hydrogen-bond acceptors (Lipinski definition) is 3. The first kappa shape index (κ1) is 15.2. The van der Waals surface area contributed by atoms with Crippen LogP contribution >= 0.6 is 11.8 Å². The van der Waals surface area contributed by atoms with Crippen molar-refractivity contribution in [2.24, 2.45) is 0 Å². The van der Waals surface area contributed by atoms with Crippen LogP contribution in [0.5, 0.6) is 0 Å². The van der Waals surface area contributed by atoms with Gasteiger partial charge in [-0.05, 0) is 36.9 Å². The number of benzene rings is 1. The van der Waals surface area contributed by atoms with Gasteiger partial charge in [0.15, 0.2) is 17.8 Å². The highest BCUT2D eigenvalue weighted by atomic mass is 32.2. The third kappa shape index (κ3) is 3.91. The lowest BCUT2D eigenvalue weighted by atomic mass is 10.3. The molecule has 0 saturated heterocycles. The van der Waals surface area contributed by atoms with Gasteiger partial charge in [-0.15, -0.1) is 0 Å². The molecule has 0 radical (unpaired) electrons. The minimum absolute atomic E-state index is 0.161. The van der Waals surface area contributed by atoms with E-state index in [1.165, 1.54) is 12.3 Å². The second-order valence-corrected chi connectivity index (χ2v) is 5.60. The number of pyridine rings is 1. The van der Waals surface area contributed by atoms with Gasteiger partial charge in [0.1, 0.15) is 0 Å². The number of amides is 1. The zero-order chi connectivity index (χ0) is 15.4. The normalized spacial score (nSPS) is 12.0. The Balaban J connectivity index is 2.02. The maximum absolute atomic E-state index is 13.1. The number of carbonyl (C=O) groups is 1. The van der Waals surface area contributed by atoms with Crippen LogP contribution in [0.1, 0.15) is 6.92 Å². The fourth-order valence-electron chi connectivity index (χ4n) is 1.56. The van der Waals surface area contributed by atoms with Crippen molar-refractivity contribution in [1.29, 1.82) is 0 Å². The average molecular weight is 310 g/mol. The van der Waals surface area contributed by atoms with Gasteiger partial charge in [0.2, 0.25) is 5.91 Å². The summed E-state index contributed by atoms with van der Waals surface area (Å²) in [5, 5.41) is 13.8. The van der Waals surface area contributed by atoms with Gasteiger partial charge < -0.3 is 10.5 Å². The molecule has 0 bridgehead atoms. The molecular weight excluding hydrogens is 298 g/mol. The SMILES string of the molecule is C[C@@H](Sc1cccc[n+]1[O-])C(=O)Nc1ccc(F)c(F)c1. The fourth-order valence-corrected chi connectivity index (χ4v) is 2.41. The molecule has 0 spiro atoms. The van der Waals surface area contributed by atoms with Crippen LogP contribution in [0.15, 0.2) is 47.6 Å². The molecule has 110 valence electrons. The molecule has 0 aliphatic heterocycles. The molecule has 7 heteroatoms. The molecule has 1 atom stereocenters. The Hall–Kier alpha value is -2.15. The number of nitrogens with zero attached hydrogens (tertiary/aromatic N) is 1. The Bertz CT molecular complexity index is 667. The number of anilines is 1. The number of carbonyl (C=O) groups excluding carboxylic acids is 1. The van der Waals surface area contributed by atoms with E-state index >= 15 is 0 Å². The highest BCUT2D eigenvalue weighted by molar-refractivity contribution is 8.00. The van der Waals surface area contributed by atoms with E-state index in [4.69, 9.17) is 0 Å². The standard InChI is InChI=1S/C14H12F2N2O2S/c1-9(21-13-4-2-3-7-18(13)20)14(19)17-10-5-6-11(15)12(16)8-10/h2-9H,1H3,(H,17,19)/t9-/m1/s1. The molecule has 0 saturated carbocycles. The first-order valence-electron chi connectivity index (χ1n) is 6.08. The van der Waals surface area contributed by atoms with Crippen molar-refractivity contribution >= 4 is 23.4 Å². The topological polar surface area (TPSA) is 56.0 Å². The summed E-state index contributed by atoms with van der Waals surface area (Å²) in [5.74, 6) is -2.42. The zero-order valence-electron chi connectivity index (χ0n) is 11.0. The Morgan fingerprint density at radius 3 is 2.71 bits per heavy atom. The summed E-state index contributed by atoms with van der Waals surface area (Å²) in [7, 11) is 0. The van der Waals surface area contributed by atoms with Crippen LogP contribution in [-0.2, 0) is 4.79 Å². The molecule has 1 aromatic heterocycles. The van der Waals surface area contributed by atoms with Gasteiger partial charge in [0.25, 0.3) is 5.03 Å². The van der Waals surface area contributed by atoms with E-state index in [1.807, 2.05) is 0 Å². The lowest BCUT2D eigenvalue weighted by Crippen LogP contribution is -2.30. The number of hydrogen-bond donors (Lipinski definition) is 1. The average Bonchev–Trinajstić information content (AvgIpc) is 2.45. The predicted octanol–water partition coefficient (Wildman–Crippen LogP) is 2.72. The highest BCUT2D eigenvalue weighted by Crippen LogP contribution is 2.21. The molecule has 2 rings (SSSR count). The van der Waals surface area contributed by atoms with Gasteiger partial charge >= 0.3 is 0 Å². The molecule has 0 aliphatic carbocycles. The number of halogens is 2. The smallest absolute Gasteiger partial charge is 0.252 e. The minimum atomic E-state index is -1.03. The van der Waals surface area contributed by atoms with Gasteiger partial charge in [-0.2, -0.15) is 4.73 Å². The molecule has 0 aliphatic rings. The van der Waals surface area contributed by atoms with Gasteiger partial charge in [-0.3, -0.25) is 4.79 Å². The number of aromatic nitrogens is 1. The Morgan fingerprint density at radius 2 is 2.05 bits per heavy atom. The lowest BCUT2D eigenvalue weighted by Gasteiger charge is -2.11. The Labute approximate surface area is 124 Å². The second-order valence-electron chi connectivity index (χ2n) is 4.24. The third-order valence-corrected chi connectivity index (χ3v) is 3.77. The summed E-state index contributed by atoms with van der Waals surface area (Å²) in [6, 6.07) is 7.98. The van der Waals surface area contributed by atoms with Crippen LogP contribution in [0.4, 0.5) is 14.5 Å². The summed E-state index contributed by atoms with van der Waals surface area (Å²) < 4.78 is 26.5. The minimum Gasteiger partial charge on any atom is -0.618 e. The van der Waals surface area contributed by atoms with E-state index in [-0.39, 0.29) is 5.69 Å². The lowest BCUT2D eigenvalue weighted by molar-refractivity contribution is -0.645. The number of rotatable bonds is 4. The van der Waals surface area contributed by atoms with Gasteiger partial charge in [0.05, 0.1) is 5.25 Å². The molecular formula is C14H12F2N2O2S. The largest absolute Gasteiger partial charge is 0.618 e. The monoisotopic (exact) mass is 310 g/mol. The van der Waals surface area contributed by atoms with E-state index < -0.39 is 22.8 Å². The molecule has 2 aromatic rings. The summed E-state index contributed by atoms with van der Waals surface area (Å²) in [6.07, 6.45) is 1.34. The van der Waals surface area contributed by atoms with E-state index in [9.17, 15) is 18.8 Å². The van der Waals surface area contributed by atoms with Crippen molar-refractivity contribution in [3.05, 3.63) is 59.4 Å². The molecule has 4 nitrogen and oxygen atoms in total. The maximum atomic E-state index is 13.1. The predicted molar refractivity (Wildman–Crippen MR) is 75.7 cm³/mol. The molecule has 0 fully saturated rings. The van der Waals surface area contributed by atoms with E-state index in [0.29, 0.717) is 9.76 Å². The Kier molecular flexibility index (Phi) is 4.74. The molecule has 1 amide bonds. The molecule has 1 aromatic carbocycles. The van der Waals surface area contributed by atoms with Gasteiger partial charge in [-0.25, -0.2) is 8.78 Å². The van der Waals surface area contributed by atoms with Crippen LogP contribution < -0.4 is 10.0 Å². The van der Waals surface area contributed by atoms with Crippen molar-refractivity contribution in [1.82, 2.24) is 0 Å². The van der Waals surface area contributed by atoms with Crippen LogP contribution in [0.2, 0.25) is 0 Å². The second kappa shape index (κ2) is 6.53. The fraction of sp³-hybridized carbons (Fsp3) is 0.143. The van der Waals surface area contributed by atoms with Crippen LogP contribution in [0.3, 0.4) is 0 Å². The summed E-state index contributed by atoms with van der Waals surface area (Å²) in [6.45, 7) is 1.62. The van der Waals surface area contributed by atoms with Crippen molar-refractivity contribution in [2.45, 2.75) is 17.2 Å². The number of thioether (sulfide) groups is 1. The molecule has 1 N–H and O–H groups in total. The maximum Gasteiger partial charge on any atom is 0.252 e. The quantitative estimate of drug-likeness (QED) is 0.537.